The highest BCUT2D eigenvalue weighted by molar-refractivity contribution is 7.10. The highest BCUT2D eigenvalue weighted by atomic mass is 32.1. The lowest BCUT2D eigenvalue weighted by molar-refractivity contribution is -0.137. The number of fused-ring (bicyclic) bond motifs is 1. The molecular formula is C22H17F3N2OS. The number of anilines is 1. The minimum absolute atomic E-state index is 0.0177. The van der Waals surface area contributed by atoms with Crippen LogP contribution in [0.2, 0.25) is 0 Å². The van der Waals surface area contributed by atoms with Crippen LogP contribution in [0.3, 0.4) is 0 Å². The molecule has 0 bridgehead atoms. The molecule has 0 aliphatic carbocycles. The van der Waals surface area contributed by atoms with Gasteiger partial charge in [0.05, 0.1) is 11.6 Å². The number of pyridine rings is 1. The summed E-state index contributed by atoms with van der Waals surface area (Å²) in [5.41, 5.74) is 1.37. The maximum absolute atomic E-state index is 13.1. The van der Waals surface area contributed by atoms with Gasteiger partial charge in [0.2, 0.25) is 0 Å². The second kappa shape index (κ2) is 7.40. The van der Waals surface area contributed by atoms with Gasteiger partial charge in [-0.2, -0.15) is 13.2 Å². The number of halogens is 3. The molecule has 2 heterocycles. The molecular weight excluding hydrogens is 397 g/mol. The van der Waals surface area contributed by atoms with Crippen LogP contribution in [-0.2, 0) is 6.18 Å². The molecule has 0 aliphatic heterocycles. The van der Waals surface area contributed by atoms with Gasteiger partial charge in [-0.1, -0.05) is 30.3 Å². The predicted octanol–water partition coefficient (Wildman–Crippen LogP) is 6.53. The summed E-state index contributed by atoms with van der Waals surface area (Å²) in [7, 11) is 0. The number of phenols is 1. The fraction of sp³-hybridized carbons (Fsp3) is 0.136. The smallest absolute Gasteiger partial charge is 0.416 e. The number of phenolic OH excluding ortho intramolecular Hbond substituents is 1. The molecule has 0 spiro atoms. The van der Waals surface area contributed by atoms with Gasteiger partial charge in [-0.05, 0) is 42.6 Å². The van der Waals surface area contributed by atoms with Crippen LogP contribution >= 0.6 is 11.3 Å². The second-order valence-electron chi connectivity index (χ2n) is 6.70. The Labute approximate surface area is 169 Å². The van der Waals surface area contributed by atoms with Crippen LogP contribution in [-0.4, -0.2) is 10.1 Å². The summed E-state index contributed by atoms with van der Waals surface area (Å²) in [5.74, 6) is 0.0177. The Morgan fingerprint density at radius 1 is 1.03 bits per heavy atom. The van der Waals surface area contributed by atoms with Gasteiger partial charge in [-0.3, -0.25) is 0 Å². The number of benzene rings is 2. The quantitative estimate of drug-likeness (QED) is 0.399. The van der Waals surface area contributed by atoms with E-state index < -0.39 is 17.8 Å². The number of rotatable bonds is 4. The topological polar surface area (TPSA) is 45.1 Å². The van der Waals surface area contributed by atoms with E-state index in [1.165, 1.54) is 17.4 Å². The highest BCUT2D eigenvalue weighted by Crippen LogP contribution is 2.39. The van der Waals surface area contributed by atoms with Gasteiger partial charge in [0, 0.05) is 27.2 Å². The molecule has 2 N–H and O–H groups in total. The number of aromatic hydroxyl groups is 1. The fourth-order valence-electron chi connectivity index (χ4n) is 3.23. The molecule has 0 saturated carbocycles. The minimum Gasteiger partial charge on any atom is -0.505 e. The average Bonchev–Trinajstić information content (AvgIpc) is 3.21. The first-order valence-electron chi connectivity index (χ1n) is 8.89. The van der Waals surface area contributed by atoms with Crippen LogP contribution in [0.5, 0.6) is 5.75 Å². The zero-order valence-corrected chi connectivity index (χ0v) is 16.2. The van der Waals surface area contributed by atoms with Crippen molar-refractivity contribution in [2.45, 2.75) is 19.1 Å². The van der Waals surface area contributed by atoms with E-state index in [2.05, 4.69) is 10.3 Å². The molecule has 29 heavy (non-hydrogen) atoms. The number of alkyl halides is 3. The molecule has 4 rings (SSSR count). The molecule has 2 aromatic carbocycles. The van der Waals surface area contributed by atoms with Gasteiger partial charge in [0.1, 0.15) is 11.3 Å². The number of hydrogen-bond donors (Lipinski definition) is 2. The van der Waals surface area contributed by atoms with Gasteiger partial charge < -0.3 is 10.4 Å². The third kappa shape index (κ3) is 3.91. The lowest BCUT2D eigenvalue weighted by Crippen LogP contribution is -2.13. The van der Waals surface area contributed by atoms with Gasteiger partial charge in [-0.15, -0.1) is 11.3 Å². The molecule has 7 heteroatoms. The summed E-state index contributed by atoms with van der Waals surface area (Å²) < 4.78 is 39.3. The van der Waals surface area contributed by atoms with Gasteiger partial charge in [0.15, 0.2) is 0 Å². The first-order valence-corrected chi connectivity index (χ1v) is 9.77. The first-order chi connectivity index (χ1) is 13.8. The standard InChI is InChI=1S/C22H17F3N2OS/c1-13-7-8-14-9-10-17(21(28)19(14)26-13)20(18-6-3-11-29-18)27-16-5-2-4-15(12-16)22(23,24)25/h2-12,20,27-28H,1H3. The van der Waals surface area contributed by atoms with Crippen molar-refractivity contribution >= 4 is 27.9 Å². The number of thiophene rings is 1. The third-order valence-corrected chi connectivity index (χ3v) is 5.58. The van der Waals surface area contributed by atoms with E-state index >= 15 is 0 Å². The maximum atomic E-state index is 13.1. The van der Waals surface area contributed by atoms with Crippen LogP contribution in [0.15, 0.2) is 66.0 Å². The summed E-state index contributed by atoms with van der Waals surface area (Å²) in [4.78, 5) is 5.30. The van der Waals surface area contributed by atoms with Gasteiger partial charge in [-0.25, -0.2) is 4.98 Å². The molecule has 0 amide bonds. The van der Waals surface area contributed by atoms with E-state index in [4.69, 9.17) is 0 Å². The first kappa shape index (κ1) is 19.3. The fourth-order valence-corrected chi connectivity index (χ4v) is 4.02. The molecule has 0 saturated heterocycles. The zero-order valence-electron chi connectivity index (χ0n) is 15.4. The van der Waals surface area contributed by atoms with Gasteiger partial charge in [0.25, 0.3) is 0 Å². The van der Waals surface area contributed by atoms with Gasteiger partial charge >= 0.3 is 6.18 Å². The van der Waals surface area contributed by atoms with Crippen LogP contribution in [0, 0.1) is 6.92 Å². The number of nitrogens with zero attached hydrogens (tertiary/aromatic N) is 1. The Balaban J connectivity index is 1.81. The molecule has 0 aliphatic rings. The average molecular weight is 414 g/mol. The summed E-state index contributed by atoms with van der Waals surface area (Å²) in [6, 6.07) is 15.6. The van der Waals surface area contributed by atoms with E-state index in [0.29, 0.717) is 16.8 Å². The highest BCUT2D eigenvalue weighted by Gasteiger charge is 2.31. The summed E-state index contributed by atoms with van der Waals surface area (Å²) in [6.07, 6.45) is -4.43. The lowest BCUT2D eigenvalue weighted by atomic mass is 10.0. The van der Waals surface area contributed by atoms with Crippen molar-refractivity contribution in [1.29, 1.82) is 0 Å². The number of hydrogen-bond acceptors (Lipinski definition) is 4. The van der Waals surface area contributed by atoms with E-state index in [1.807, 2.05) is 42.6 Å². The Morgan fingerprint density at radius 2 is 1.83 bits per heavy atom. The maximum Gasteiger partial charge on any atom is 0.416 e. The molecule has 1 unspecified atom stereocenters. The number of nitrogens with one attached hydrogen (secondary N) is 1. The molecule has 4 aromatic rings. The van der Waals surface area contributed by atoms with Crippen molar-refractivity contribution in [2.24, 2.45) is 0 Å². The molecule has 0 radical (unpaired) electrons. The number of aromatic nitrogens is 1. The van der Waals surface area contributed by atoms with Crippen LogP contribution in [0.1, 0.15) is 27.7 Å². The van der Waals surface area contributed by atoms with Crippen molar-refractivity contribution in [1.82, 2.24) is 4.98 Å². The van der Waals surface area contributed by atoms with Crippen LogP contribution < -0.4 is 5.32 Å². The normalized spacial score (nSPS) is 12.8. The van der Waals surface area contributed by atoms with E-state index in [9.17, 15) is 18.3 Å². The minimum atomic E-state index is -4.43. The van der Waals surface area contributed by atoms with Crippen molar-refractivity contribution in [2.75, 3.05) is 5.32 Å². The van der Waals surface area contributed by atoms with Crippen molar-refractivity contribution < 1.29 is 18.3 Å². The largest absolute Gasteiger partial charge is 0.505 e. The second-order valence-corrected chi connectivity index (χ2v) is 7.68. The van der Waals surface area contributed by atoms with E-state index in [-0.39, 0.29) is 5.75 Å². The summed E-state index contributed by atoms with van der Waals surface area (Å²) >= 11 is 1.46. The number of aryl methyl sites for hydroxylation is 1. The monoisotopic (exact) mass is 414 g/mol. The molecule has 0 fully saturated rings. The van der Waals surface area contributed by atoms with Crippen molar-refractivity contribution in [3.8, 4) is 5.75 Å². The Bertz CT molecular complexity index is 1160. The molecule has 3 nitrogen and oxygen atoms in total. The van der Waals surface area contributed by atoms with Crippen LogP contribution in [0.4, 0.5) is 18.9 Å². The summed E-state index contributed by atoms with van der Waals surface area (Å²) in [6.45, 7) is 1.84. The molecule has 1 atom stereocenters. The SMILES string of the molecule is Cc1ccc2ccc(C(Nc3cccc(C(F)(F)F)c3)c3cccs3)c(O)c2n1. The lowest BCUT2D eigenvalue weighted by Gasteiger charge is -2.22. The van der Waals surface area contributed by atoms with E-state index in [1.54, 1.807) is 12.1 Å². The third-order valence-electron chi connectivity index (χ3n) is 4.65. The molecule has 2 aromatic heterocycles. The Hall–Kier alpha value is -3.06. The zero-order chi connectivity index (χ0) is 20.6. The van der Waals surface area contributed by atoms with E-state index in [0.717, 1.165) is 28.1 Å². The van der Waals surface area contributed by atoms with Crippen molar-refractivity contribution in [3.05, 3.63) is 87.7 Å². The Kier molecular flexibility index (Phi) is 4.92. The van der Waals surface area contributed by atoms with Crippen LogP contribution in [0.25, 0.3) is 10.9 Å². The predicted molar refractivity (Wildman–Crippen MR) is 109 cm³/mol. The Morgan fingerprint density at radius 3 is 2.55 bits per heavy atom. The molecule has 148 valence electrons. The van der Waals surface area contributed by atoms with Crippen molar-refractivity contribution in [3.63, 3.8) is 0 Å². The summed E-state index contributed by atoms with van der Waals surface area (Å²) in [5, 5.41) is 16.8.